The predicted octanol–water partition coefficient (Wildman–Crippen LogP) is 0.972. The van der Waals surface area contributed by atoms with Gasteiger partial charge in [0.25, 0.3) is 11.4 Å². The van der Waals surface area contributed by atoms with Crippen molar-refractivity contribution in [3.8, 4) is 11.6 Å². The highest BCUT2D eigenvalue weighted by atomic mass is 16.6. The van der Waals surface area contributed by atoms with Crippen molar-refractivity contribution in [2.24, 2.45) is 0 Å². The highest BCUT2D eigenvalue weighted by Gasteiger charge is 2.12. The molecule has 0 amide bonds. The van der Waals surface area contributed by atoms with E-state index in [4.69, 9.17) is 14.2 Å². The van der Waals surface area contributed by atoms with Gasteiger partial charge in [0, 0.05) is 0 Å². The van der Waals surface area contributed by atoms with Gasteiger partial charge in [-0.15, -0.1) is 0 Å². The van der Waals surface area contributed by atoms with E-state index in [1.165, 1.54) is 13.4 Å². The lowest BCUT2D eigenvalue weighted by Crippen LogP contribution is -2.23. The molecule has 1 N–H and O–H groups in total. The number of nitrogens with zero attached hydrogens (tertiary/aromatic N) is 1. The number of aromatic nitrogens is 2. The first-order chi connectivity index (χ1) is 7.94. The zero-order chi connectivity index (χ0) is 12.9. The second kappa shape index (κ2) is 5.67. The van der Waals surface area contributed by atoms with Crippen LogP contribution in [-0.2, 0) is 4.74 Å². The van der Waals surface area contributed by atoms with Crippen LogP contribution in [-0.4, -0.2) is 35.9 Å². The van der Waals surface area contributed by atoms with Crippen molar-refractivity contribution in [1.82, 2.24) is 9.97 Å². The first kappa shape index (κ1) is 13.5. The maximum Gasteiger partial charge on any atom is 0.297 e. The van der Waals surface area contributed by atoms with E-state index in [-0.39, 0.29) is 22.8 Å². The standard InChI is InChI=1S/C11H18N2O4/c1-11(2,3)17-6-5-16-10-8(15-4)9(14)12-7-13-10/h7H,5-6H2,1-4H3,(H,12,13,14). The molecule has 0 spiro atoms. The minimum Gasteiger partial charge on any atom is -0.487 e. The van der Waals surface area contributed by atoms with Gasteiger partial charge in [0.1, 0.15) is 6.61 Å². The highest BCUT2D eigenvalue weighted by molar-refractivity contribution is 5.29. The van der Waals surface area contributed by atoms with Gasteiger partial charge >= 0.3 is 0 Å². The molecule has 1 heterocycles. The third kappa shape index (κ3) is 4.44. The summed E-state index contributed by atoms with van der Waals surface area (Å²) in [7, 11) is 1.39. The SMILES string of the molecule is COc1c(OCCOC(C)(C)C)nc[nH]c1=O. The van der Waals surface area contributed by atoms with Gasteiger partial charge < -0.3 is 19.2 Å². The van der Waals surface area contributed by atoms with Crippen LogP contribution in [0, 0.1) is 0 Å². The van der Waals surface area contributed by atoms with Crippen LogP contribution in [0.15, 0.2) is 11.1 Å². The number of hydrogen-bond donors (Lipinski definition) is 1. The zero-order valence-electron chi connectivity index (χ0n) is 10.6. The highest BCUT2D eigenvalue weighted by Crippen LogP contribution is 2.17. The molecule has 0 aliphatic heterocycles. The Labute approximate surface area is 99.9 Å². The van der Waals surface area contributed by atoms with Crippen LogP contribution >= 0.6 is 0 Å². The summed E-state index contributed by atoms with van der Waals surface area (Å²) in [6, 6.07) is 0. The second-order valence-corrected chi connectivity index (χ2v) is 4.38. The van der Waals surface area contributed by atoms with E-state index < -0.39 is 0 Å². The molecule has 1 aromatic rings. The second-order valence-electron chi connectivity index (χ2n) is 4.38. The summed E-state index contributed by atoms with van der Waals surface area (Å²) < 4.78 is 15.7. The molecule has 0 fully saturated rings. The number of hydrogen-bond acceptors (Lipinski definition) is 5. The van der Waals surface area contributed by atoms with Crippen molar-refractivity contribution in [2.45, 2.75) is 26.4 Å². The number of nitrogens with one attached hydrogen (secondary N) is 1. The van der Waals surface area contributed by atoms with E-state index in [1.807, 2.05) is 20.8 Å². The van der Waals surface area contributed by atoms with Crippen LogP contribution in [0.4, 0.5) is 0 Å². The Morgan fingerprint density at radius 2 is 2.06 bits per heavy atom. The van der Waals surface area contributed by atoms with Crippen LogP contribution in [0.5, 0.6) is 11.6 Å². The fourth-order valence-electron chi connectivity index (χ4n) is 1.14. The zero-order valence-corrected chi connectivity index (χ0v) is 10.6. The van der Waals surface area contributed by atoms with E-state index in [2.05, 4.69) is 9.97 Å². The van der Waals surface area contributed by atoms with Crippen LogP contribution in [0.25, 0.3) is 0 Å². The summed E-state index contributed by atoms with van der Waals surface area (Å²) >= 11 is 0. The van der Waals surface area contributed by atoms with Crippen LogP contribution in [0.3, 0.4) is 0 Å². The molecule has 0 saturated heterocycles. The summed E-state index contributed by atoms with van der Waals surface area (Å²) in [6.07, 6.45) is 1.27. The first-order valence-corrected chi connectivity index (χ1v) is 5.32. The molecule has 0 aliphatic carbocycles. The van der Waals surface area contributed by atoms with Crippen molar-refractivity contribution in [3.63, 3.8) is 0 Å². The summed E-state index contributed by atoms with van der Waals surface area (Å²) in [5, 5.41) is 0. The lowest BCUT2D eigenvalue weighted by molar-refractivity contribution is -0.0171. The predicted molar refractivity (Wildman–Crippen MR) is 62.6 cm³/mol. The van der Waals surface area contributed by atoms with Gasteiger partial charge in [-0.1, -0.05) is 0 Å². The molecule has 6 heteroatoms. The van der Waals surface area contributed by atoms with Crippen LogP contribution < -0.4 is 15.0 Å². The minimum atomic E-state index is -0.366. The fourth-order valence-corrected chi connectivity index (χ4v) is 1.14. The van der Waals surface area contributed by atoms with Gasteiger partial charge in [0.05, 0.1) is 25.6 Å². The number of aromatic amines is 1. The summed E-state index contributed by atoms with van der Waals surface area (Å²) in [5.41, 5.74) is -0.580. The maximum absolute atomic E-state index is 11.3. The smallest absolute Gasteiger partial charge is 0.297 e. The molecule has 6 nitrogen and oxygen atoms in total. The summed E-state index contributed by atoms with van der Waals surface area (Å²) in [4.78, 5) is 17.6. The fraction of sp³-hybridized carbons (Fsp3) is 0.636. The first-order valence-electron chi connectivity index (χ1n) is 5.32. The molecule has 0 saturated carbocycles. The lowest BCUT2D eigenvalue weighted by atomic mass is 10.2. The van der Waals surface area contributed by atoms with E-state index in [0.717, 1.165) is 0 Å². The Kier molecular flexibility index (Phi) is 4.51. The molecule has 17 heavy (non-hydrogen) atoms. The third-order valence-electron chi connectivity index (χ3n) is 1.84. The van der Waals surface area contributed by atoms with E-state index in [1.54, 1.807) is 0 Å². The van der Waals surface area contributed by atoms with Gasteiger partial charge in [0.15, 0.2) is 0 Å². The molecule has 1 rings (SSSR count). The van der Waals surface area contributed by atoms with Crippen molar-refractivity contribution in [3.05, 3.63) is 16.7 Å². The monoisotopic (exact) mass is 242 g/mol. The van der Waals surface area contributed by atoms with Crippen molar-refractivity contribution in [1.29, 1.82) is 0 Å². The van der Waals surface area contributed by atoms with E-state index >= 15 is 0 Å². The maximum atomic E-state index is 11.3. The molecule has 0 radical (unpaired) electrons. The number of ether oxygens (including phenoxy) is 3. The number of rotatable bonds is 5. The topological polar surface area (TPSA) is 73.4 Å². The molecule has 0 aliphatic rings. The Morgan fingerprint density at radius 1 is 1.35 bits per heavy atom. The van der Waals surface area contributed by atoms with E-state index in [9.17, 15) is 4.79 Å². The molecular weight excluding hydrogens is 224 g/mol. The third-order valence-corrected chi connectivity index (χ3v) is 1.84. The van der Waals surface area contributed by atoms with Crippen LogP contribution in [0.1, 0.15) is 20.8 Å². The van der Waals surface area contributed by atoms with Gasteiger partial charge in [-0.3, -0.25) is 4.79 Å². The van der Waals surface area contributed by atoms with Crippen molar-refractivity contribution >= 4 is 0 Å². The molecule has 0 bridgehead atoms. The number of methoxy groups -OCH3 is 1. The van der Waals surface area contributed by atoms with Gasteiger partial charge in [0.2, 0.25) is 5.75 Å². The van der Waals surface area contributed by atoms with Crippen molar-refractivity contribution in [2.75, 3.05) is 20.3 Å². The molecule has 96 valence electrons. The van der Waals surface area contributed by atoms with Gasteiger partial charge in [-0.2, -0.15) is 0 Å². The minimum absolute atomic E-state index is 0.0725. The molecule has 0 aromatic carbocycles. The quantitative estimate of drug-likeness (QED) is 0.779. The van der Waals surface area contributed by atoms with Gasteiger partial charge in [-0.25, -0.2) is 4.98 Å². The Bertz CT molecular complexity index is 409. The van der Waals surface area contributed by atoms with Crippen LogP contribution in [0.2, 0.25) is 0 Å². The van der Waals surface area contributed by atoms with Gasteiger partial charge in [-0.05, 0) is 20.8 Å². The summed E-state index contributed by atoms with van der Waals surface area (Å²) in [6.45, 7) is 6.60. The Balaban J connectivity index is 2.52. The Hall–Kier alpha value is -1.56. The number of H-pyrrole nitrogens is 1. The van der Waals surface area contributed by atoms with E-state index in [0.29, 0.717) is 13.2 Å². The van der Waals surface area contributed by atoms with Crippen molar-refractivity contribution < 1.29 is 14.2 Å². The average Bonchev–Trinajstić information content (AvgIpc) is 2.23. The normalized spacial score (nSPS) is 11.3. The summed E-state index contributed by atoms with van der Waals surface area (Å²) in [5.74, 6) is 0.247. The molecule has 0 unspecified atom stereocenters. The molecule has 1 aromatic heterocycles. The largest absolute Gasteiger partial charge is 0.487 e. The lowest BCUT2D eigenvalue weighted by Gasteiger charge is -2.19. The molecule has 0 atom stereocenters. The average molecular weight is 242 g/mol. The Morgan fingerprint density at radius 3 is 2.65 bits per heavy atom. The molecular formula is C11H18N2O4.